The van der Waals surface area contributed by atoms with Gasteiger partial charge in [0.05, 0.1) is 12.2 Å². The molecule has 0 aliphatic carbocycles. The quantitative estimate of drug-likeness (QED) is 0.867. The zero-order chi connectivity index (χ0) is 19.6. The molecule has 0 radical (unpaired) electrons. The van der Waals surface area contributed by atoms with E-state index in [0.29, 0.717) is 18.7 Å². The summed E-state index contributed by atoms with van der Waals surface area (Å²) in [5.41, 5.74) is 1.86. The molecule has 0 saturated carbocycles. The average Bonchev–Trinajstić information content (AvgIpc) is 3.09. The van der Waals surface area contributed by atoms with Crippen LogP contribution in [0.2, 0.25) is 0 Å². The minimum atomic E-state index is -4.46. The van der Waals surface area contributed by atoms with Gasteiger partial charge in [0, 0.05) is 18.7 Å². The van der Waals surface area contributed by atoms with Crippen molar-refractivity contribution in [1.29, 1.82) is 0 Å². The molecule has 27 heavy (non-hydrogen) atoms. The minimum absolute atomic E-state index is 0.00231. The molecule has 0 aromatic heterocycles. The van der Waals surface area contributed by atoms with Gasteiger partial charge in [-0.2, -0.15) is 13.2 Å². The van der Waals surface area contributed by atoms with Crippen molar-refractivity contribution in [2.24, 2.45) is 5.92 Å². The van der Waals surface area contributed by atoms with E-state index in [4.69, 9.17) is 5.11 Å². The number of aryl methyl sites for hydroxylation is 1. The van der Waals surface area contributed by atoms with E-state index < -0.39 is 11.7 Å². The Labute approximate surface area is 156 Å². The summed E-state index contributed by atoms with van der Waals surface area (Å²) in [5.74, 6) is -0.0586. The van der Waals surface area contributed by atoms with Crippen LogP contribution in [0.4, 0.5) is 13.2 Å². The monoisotopic (exact) mass is 377 g/mol. The second-order valence-electron chi connectivity index (χ2n) is 7.11. The number of halogens is 3. The molecule has 3 nitrogen and oxygen atoms in total. The maximum atomic E-state index is 13.0. The highest BCUT2D eigenvalue weighted by Crippen LogP contribution is 2.31. The predicted octanol–water partition coefficient (Wildman–Crippen LogP) is 4.21. The van der Waals surface area contributed by atoms with E-state index in [9.17, 15) is 18.0 Å². The van der Waals surface area contributed by atoms with Crippen molar-refractivity contribution in [3.05, 3.63) is 70.3 Å². The zero-order valence-electron chi connectivity index (χ0n) is 15.1. The van der Waals surface area contributed by atoms with E-state index in [0.717, 1.165) is 36.1 Å². The summed E-state index contributed by atoms with van der Waals surface area (Å²) in [6.07, 6.45) is -2.83. The number of aliphatic hydroxyl groups is 1. The fourth-order valence-corrected chi connectivity index (χ4v) is 3.50. The summed E-state index contributed by atoms with van der Waals surface area (Å²) in [6.45, 7) is 2.75. The van der Waals surface area contributed by atoms with E-state index in [2.05, 4.69) is 0 Å². The van der Waals surface area contributed by atoms with Gasteiger partial charge < -0.3 is 10.0 Å². The third kappa shape index (κ3) is 4.50. The summed E-state index contributed by atoms with van der Waals surface area (Å²) in [5, 5.41) is 9.09. The van der Waals surface area contributed by atoms with Crippen molar-refractivity contribution in [3.63, 3.8) is 0 Å². The smallest absolute Gasteiger partial charge is 0.392 e. The van der Waals surface area contributed by atoms with Crippen LogP contribution in [-0.4, -0.2) is 29.0 Å². The second kappa shape index (κ2) is 7.72. The first-order chi connectivity index (χ1) is 12.8. The van der Waals surface area contributed by atoms with E-state index in [1.165, 1.54) is 6.07 Å². The van der Waals surface area contributed by atoms with Gasteiger partial charge >= 0.3 is 6.18 Å². The van der Waals surface area contributed by atoms with Crippen molar-refractivity contribution >= 4 is 5.91 Å². The van der Waals surface area contributed by atoms with Gasteiger partial charge in [0.2, 0.25) is 0 Å². The summed E-state index contributed by atoms with van der Waals surface area (Å²) in [6, 6.07) is 11.0. The summed E-state index contributed by atoms with van der Waals surface area (Å²) >= 11 is 0. The molecule has 1 heterocycles. The SMILES string of the molecule is Cc1ccc(C(F)(F)F)cc1C(=O)N1CC[C@H](Cc2ccc(CO)cc2)C1. The Balaban J connectivity index is 1.68. The van der Waals surface area contributed by atoms with E-state index in [-0.39, 0.29) is 24.0 Å². The van der Waals surface area contributed by atoms with Gasteiger partial charge in [-0.3, -0.25) is 4.79 Å². The number of aliphatic hydroxyl groups excluding tert-OH is 1. The van der Waals surface area contributed by atoms with Crippen molar-refractivity contribution < 1.29 is 23.1 Å². The molecule has 1 fully saturated rings. The molecule has 6 heteroatoms. The van der Waals surface area contributed by atoms with Crippen LogP contribution in [0.15, 0.2) is 42.5 Å². The van der Waals surface area contributed by atoms with Crippen molar-refractivity contribution in [2.75, 3.05) is 13.1 Å². The number of carbonyl (C=O) groups excluding carboxylic acids is 1. The molecule has 2 aromatic carbocycles. The molecule has 1 aliphatic rings. The van der Waals surface area contributed by atoms with E-state index in [1.54, 1.807) is 11.8 Å². The van der Waals surface area contributed by atoms with Crippen LogP contribution in [0.1, 0.15) is 39.0 Å². The van der Waals surface area contributed by atoms with Gasteiger partial charge in [-0.05, 0) is 54.5 Å². The first-order valence-electron chi connectivity index (χ1n) is 8.93. The lowest BCUT2D eigenvalue weighted by atomic mass is 9.98. The molecule has 1 amide bonds. The van der Waals surface area contributed by atoms with E-state index >= 15 is 0 Å². The molecule has 1 atom stereocenters. The number of hydrogen-bond donors (Lipinski definition) is 1. The Morgan fingerprint density at radius 3 is 2.44 bits per heavy atom. The van der Waals surface area contributed by atoms with Gasteiger partial charge in [0.1, 0.15) is 0 Å². The van der Waals surface area contributed by atoms with Crippen molar-refractivity contribution in [1.82, 2.24) is 4.90 Å². The molecule has 1 aliphatic heterocycles. The number of amides is 1. The third-order valence-electron chi connectivity index (χ3n) is 5.10. The van der Waals surface area contributed by atoms with Crippen LogP contribution in [0.25, 0.3) is 0 Å². The highest BCUT2D eigenvalue weighted by molar-refractivity contribution is 5.96. The van der Waals surface area contributed by atoms with Crippen molar-refractivity contribution in [3.8, 4) is 0 Å². The fraction of sp³-hybridized carbons (Fsp3) is 0.381. The Bertz CT molecular complexity index is 815. The number of carbonyl (C=O) groups is 1. The second-order valence-corrected chi connectivity index (χ2v) is 7.11. The normalized spacial score (nSPS) is 17.4. The van der Waals surface area contributed by atoms with Crippen LogP contribution >= 0.6 is 0 Å². The highest BCUT2D eigenvalue weighted by Gasteiger charge is 2.33. The largest absolute Gasteiger partial charge is 0.416 e. The van der Waals surface area contributed by atoms with Gasteiger partial charge in [-0.1, -0.05) is 30.3 Å². The molecule has 1 saturated heterocycles. The molecule has 1 N–H and O–H groups in total. The lowest BCUT2D eigenvalue weighted by Gasteiger charge is -2.19. The summed E-state index contributed by atoms with van der Waals surface area (Å²) < 4.78 is 38.9. The fourth-order valence-electron chi connectivity index (χ4n) is 3.50. The Morgan fingerprint density at radius 1 is 1.15 bits per heavy atom. The predicted molar refractivity (Wildman–Crippen MR) is 96.3 cm³/mol. The lowest BCUT2D eigenvalue weighted by molar-refractivity contribution is -0.137. The zero-order valence-corrected chi connectivity index (χ0v) is 15.1. The number of likely N-dealkylation sites (tertiary alicyclic amines) is 1. The van der Waals surface area contributed by atoms with Crippen LogP contribution in [0.3, 0.4) is 0 Å². The Hall–Kier alpha value is -2.34. The van der Waals surface area contributed by atoms with Gasteiger partial charge in [0.25, 0.3) is 5.91 Å². The molecular formula is C21H22F3NO2. The first kappa shape index (κ1) is 19.4. The Morgan fingerprint density at radius 2 is 1.81 bits per heavy atom. The van der Waals surface area contributed by atoms with Crippen LogP contribution in [0.5, 0.6) is 0 Å². The molecule has 0 bridgehead atoms. The lowest BCUT2D eigenvalue weighted by Crippen LogP contribution is -2.29. The van der Waals surface area contributed by atoms with Crippen LogP contribution in [-0.2, 0) is 19.2 Å². The standard InChI is InChI=1S/C21H22F3NO2/c1-14-2-7-18(21(22,23)24)11-19(14)20(27)25-9-8-17(12-25)10-15-3-5-16(13-26)6-4-15/h2-7,11,17,26H,8-10,12-13H2,1H3/t17-/m1/s1. The number of benzene rings is 2. The van der Waals surface area contributed by atoms with Gasteiger partial charge in [-0.25, -0.2) is 0 Å². The van der Waals surface area contributed by atoms with Crippen molar-refractivity contribution in [2.45, 2.75) is 32.5 Å². The number of hydrogen-bond acceptors (Lipinski definition) is 2. The topological polar surface area (TPSA) is 40.5 Å². The Kier molecular flexibility index (Phi) is 5.56. The molecule has 144 valence electrons. The maximum absolute atomic E-state index is 13.0. The van der Waals surface area contributed by atoms with Gasteiger partial charge in [0.15, 0.2) is 0 Å². The first-order valence-corrected chi connectivity index (χ1v) is 8.93. The number of rotatable bonds is 4. The third-order valence-corrected chi connectivity index (χ3v) is 5.10. The molecule has 0 unspecified atom stereocenters. The number of alkyl halides is 3. The summed E-state index contributed by atoms with van der Waals surface area (Å²) in [4.78, 5) is 14.4. The molecule has 3 rings (SSSR count). The minimum Gasteiger partial charge on any atom is -0.392 e. The molecular weight excluding hydrogens is 355 g/mol. The van der Waals surface area contributed by atoms with Crippen LogP contribution in [0, 0.1) is 12.8 Å². The average molecular weight is 377 g/mol. The molecule has 0 spiro atoms. The number of nitrogens with zero attached hydrogens (tertiary/aromatic N) is 1. The molecule has 2 aromatic rings. The van der Waals surface area contributed by atoms with Gasteiger partial charge in [-0.15, -0.1) is 0 Å². The van der Waals surface area contributed by atoms with E-state index in [1.807, 2.05) is 24.3 Å². The maximum Gasteiger partial charge on any atom is 0.416 e. The summed E-state index contributed by atoms with van der Waals surface area (Å²) in [7, 11) is 0. The highest BCUT2D eigenvalue weighted by atomic mass is 19.4. The van der Waals surface area contributed by atoms with Crippen LogP contribution < -0.4 is 0 Å².